The largest absolute Gasteiger partial charge is 0.478 e. The van der Waals surface area contributed by atoms with Gasteiger partial charge in [-0.05, 0) is 47.7 Å². The first-order chi connectivity index (χ1) is 9.21. The lowest BCUT2D eigenvalue weighted by atomic mass is 10.2. The number of methoxy groups -OCH3 is 1. The second-order valence-electron chi connectivity index (χ2n) is 4.27. The fourth-order valence-corrected chi connectivity index (χ4v) is 3.52. The molecule has 0 spiro atoms. The van der Waals surface area contributed by atoms with Crippen LogP contribution < -0.4 is 0 Å². The van der Waals surface area contributed by atoms with Crippen LogP contribution in [0.25, 0.3) is 0 Å². The minimum atomic E-state index is -3.75. The van der Waals surface area contributed by atoms with Crippen LogP contribution in [0.5, 0.6) is 0 Å². The number of hydrogen-bond acceptors (Lipinski definition) is 4. The van der Waals surface area contributed by atoms with Crippen LogP contribution in [0.2, 0.25) is 0 Å². The second-order valence-corrected chi connectivity index (χ2v) is 7.43. The van der Waals surface area contributed by atoms with E-state index in [1.54, 1.807) is 6.92 Å². The molecule has 112 valence electrons. The molecule has 6 nitrogen and oxygen atoms in total. The molecule has 1 rings (SSSR count). The number of aromatic carboxylic acids is 1. The highest BCUT2D eigenvalue weighted by molar-refractivity contribution is 14.1. The third-order valence-corrected chi connectivity index (χ3v) is 5.78. The number of likely N-dealkylation sites (N-methyl/N-ethyl adjacent to an activating group) is 1. The van der Waals surface area contributed by atoms with Crippen LogP contribution in [-0.4, -0.2) is 50.6 Å². The lowest BCUT2D eigenvalue weighted by molar-refractivity contribution is 0.0695. The van der Waals surface area contributed by atoms with Gasteiger partial charge in [-0.1, -0.05) is 0 Å². The molecule has 1 aromatic rings. The van der Waals surface area contributed by atoms with Crippen LogP contribution in [-0.2, 0) is 14.8 Å². The van der Waals surface area contributed by atoms with Gasteiger partial charge in [0.1, 0.15) is 0 Å². The normalized spacial score (nSPS) is 13.4. The smallest absolute Gasteiger partial charge is 0.336 e. The summed E-state index contributed by atoms with van der Waals surface area (Å²) in [6, 6.07) is 3.71. The molecule has 0 heterocycles. The maximum atomic E-state index is 12.4. The Kier molecular flexibility index (Phi) is 5.92. The summed E-state index contributed by atoms with van der Waals surface area (Å²) in [4.78, 5) is 11.0. The van der Waals surface area contributed by atoms with Crippen LogP contribution in [0.15, 0.2) is 23.1 Å². The summed E-state index contributed by atoms with van der Waals surface area (Å²) in [6.45, 7) is 1.97. The van der Waals surface area contributed by atoms with Crippen LogP contribution in [0.3, 0.4) is 0 Å². The van der Waals surface area contributed by atoms with Gasteiger partial charge in [-0.15, -0.1) is 0 Å². The number of hydrogen-bond donors (Lipinski definition) is 1. The lowest BCUT2D eigenvalue weighted by Gasteiger charge is -2.23. The van der Waals surface area contributed by atoms with Crippen molar-refractivity contribution in [2.75, 3.05) is 20.8 Å². The Morgan fingerprint density at radius 2 is 2.10 bits per heavy atom. The van der Waals surface area contributed by atoms with E-state index in [2.05, 4.69) is 0 Å². The van der Waals surface area contributed by atoms with Crippen molar-refractivity contribution in [2.45, 2.75) is 17.9 Å². The Balaban J connectivity index is 3.22. The molecule has 0 aliphatic carbocycles. The van der Waals surface area contributed by atoms with E-state index in [0.29, 0.717) is 3.57 Å². The predicted molar refractivity (Wildman–Crippen MR) is 82.4 cm³/mol. The minimum absolute atomic E-state index is 0.0283. The first kappa shape index (κ1) is 17.3. The van der Waals surface area contributed by atoms with Gasteiger partial charge in [0.2, 0.25) is 10.0 Å². The van der Waals surface area contributed by atoms with Gasteiger partial charge in [-0.3, -0.25) is 0 Å². The van der Waals surface area contributed by atoms with E-state index in [9.17, 15) is 13.2 Å². The molecule has 8 heteroatoms. The van der Waals surface area contributed by atoms with Crippen LogP contribution in [0.4, 0.5) is 0 Å². The molecule has 0 radical (unpaired) electrons. The van der Waals surface area contributed by atoms with Gasteiger partial charge in [0.15, 0.2) is 0 Å². The second kappa shape index (κ2) is 6.83. The SMILES string of the molecule is COCC(C)N(C)S(=O)(=O)c1ccc(I)c(C(=O)O)c1. The fourth-order valence-electron chi connectivity index (χ4n) is 1.58. The van der Waals surface area contributed by atoms with E-state index in [1.807, 2.05) is 22.6 Å². The Labute approximate surface area is 131 Å². The average molecular weight is 413 g/mol. The van der Waals surface area contributed by atoms with Crippen molar-refractivity contribution in [3.8, 4) is 0 Å². The molecular formula is C12H16INO5S. The number of rotatable bonds is 6. The lowest BCUT2D eigenvalue weighted by Crippen LogP contribution is -2.37. The van der Waals surface area contributed by atoms with Gasteiger partial charge < -0.3 is 9.84 Å². The number of ether oxygens (including phenoxy) is 1. The fraction of sp³-hybridized carbons (Fsp3) is 0.417. The van der Waals surface area contributed by atoms with Crippen LogP contribution >= 0.6 is 22.6 Å². The molecule has 0 aliphatic heterocycles. The van der Waals surface area contributed by atoms with Crippen molar-refractivity contribution in [3.63, 3.8) is 0 Å². The van der Waals surface area contributed by atoms with Crippen LogP contribution in [0, 0.1) is 3.57 Å². The van der Waals surface area contributed by atoms with Crippen molar-refractivity contribution in [1.82, 2.24) is 4.31 Å². The van der Waals surface area contributed by atoms with Crippen LogP contribution in [0.1, 0.15) is 17.3 Å². The zero-order valence-electron chi connectivity index (χ0n) is 11.3. The molecular weight excluding hydrogens is 397 g/mol. The Hall–Kier alpha value is -0.710. The van der Waals surface area contributed by atoms with Gasteiger partial charge in [0.05, 0.1) is 17.1 Å². The highest BCUT2D eigenvalue weighted by Gasteiger charge is 2.26. The summed E-state index contributed by atoms with van der Waals surface area (Å²) < 4.78 is 31.4. The quantitative estimate of drug-likeness (QED) is 0.718. The van der Waals surface area contributed by atoms with Crippen molar-refractivity contribution in [3.05, 3.63) is 27.3 Å². The van der Waals surface area contributed by atoms with E-state index in [-0.39, 0.29) is 23.1 Å². The van der Waals surface area contributed by atoms with Crippen molar-refractivity contribution < 1.29 is 23.1 Å². The number of benzene rings is 1. The molecule has 0 amide bonds. The number of carbonyl (C=O) groups is 1. The van der Waals surface area contributed by atoms with E-state index >= 15 is 0 Å². The molecule has 0 saturated heterocycles. The summed E-state index contributed by atoms with van der Waals surface area (Å²) in [6.07, 6.45) is 0. The molecule has 0 aliphatic rings. The molecule has 0 saturated carbocycles. The number of halogens is 1. The van der Waals surface area contributed by atoms with E-state index in [0.717, 1.165) is 0 Å². The van der Waals surface area contributed by atoms with Gasteiger partial charge >= 0.3 is 5.97 Å². The van der Waals surface area contributed by atoms with Gasteiger partial charge in [-0.25, -0.2) is 13.2 Å². The highest BCUT2D eigenvalue weighted by atomic mass is 127. The highest BCUT2D eigenvalue weighted by Crippen LogP contribution is 2.21. The number of nitrogens with zero attached hydrogens (tertiary/aromatic N) is 1. The molecule has 0 bridgehead atoms. The molecule has 1 atom stereocenters. The molecule has 0 fully saturated rings. The summed E-state index contributed by atoms with van der Waals surface area (Å²) in [5, 5.41) is 9.05. The molecule has 1 unspecified atom stereocenters. The summed E-state index contributed by atoms with van der Waals surface area (Å²) in [5.74, 6) is -1.15. The topological polar surface area (TPSA) is 83.9 Å². The van der Waals surface area contributed by atoms with Crippen molar-refractivity contribution in [1.29, 1.82) is 0 Å². The zero-order chi connectivity index (χ0) is 15.5. The van der Waals surface area contributed by atoms with E-state index in [4.69, 9.17) is 9.84 Å². The van der Waals surface area contributed by atoms with E-state index in [1.165, 1.54) is 36.7 Å². The first-order valence-electron chi connectivity index (χ1n) is 5.71. The Morgan fingerprint density at radius 3 is 2.60 bits per heavy atom. The molecule has 1 N–H and O–H groups in total. The minimum Gasteiger partial charge on any atom is -0.478 e. The number of sulfonamides is 1. The van der Waals surface area contributed by atoms with Gasteiger partial charge in [0.25, 0.3) is 0 Å². The number of carboxylic acids is 1. The maximum absolute atomic E-state index is 12.4. The average Bonchev–Trinajstić information content (AvgIpc) is 2.37. The Bertz CT molecular complexity index is 602. The van der Waals surface area contributed by atoms with Gasteiger partial charge in [0, 0.05) is 23.8 Å². The third kappa shape index (κ3) is 3.68. The first-order valence-corrected chi connectivity index (χ1v) is 8.23. The maximum Gasteiger partial charge on any atom is 0.336 e. The monoisotopic (exact) mass is 413 g/mol. The third-order valence-electron chi connectivity index (χ3n) is 2.87. The predicted octanol–water partition coefficient (Wildman–Crippen LogP) is 1.64. The van der Waals surface area contributed by atoms with Crippen molar-refractivity contribution in [2.24, 2.45) is 0 Å². The summed E-state index contributed by atoms with van der Waals surface area (Å²) in [7, 11) is -0.814. The Morgan fingerprint density at radius 1 is 1.50 bits per heavy atom. The number of carboxylic acid groups (broad SMARTS) is 1. The van der Waals surface area contributed by atoms with Gasteiger partial charge in [-0.2, -0.15) is 4.31 Å². The zero-order valence-corrected chi connectivity index (χ0v) is 14.3. The molecule has 1 aromatic carbocycles. The van der Waals surface area contributed by atoms with E-state index < -0.39 is 16.0 Å². The summed E-state index contributed by atoms with van der Waals surface area (Å²) in [5.41, 5.74) is -0.0283. The standard InChI is InChI=1S/C12H16INO5S/c1-8(7-19-3)14(2)20(17,18)9-4-5-11(13)10(6-9)12(15)16/h4-6,8H,7H2,1-3H3,(H,15,16). The van der Waals surface area contributed by atoms with Crippen molar-refractivity contribution >= 4 is 38.6 Å². The molecule has 20 heavy (non-hydrogen) atoms. The summed E-state index contributed by atoms with van der Waals surface area (Å²) >= 11 is 1.86. The molecule has 0 aromatic heterocycles.